The van der Waals surface area contributed by atoms with Crippen LogP contribution < -0.4 is 10.3 Å². The summed E-state index contributed by atoms with van der Waals surface area (Å²) in [7, 11) is 0. The Balaban J connectivity index is 2.24. The molecule has 2 N–H and O–H groups in total. The van der Waals surface area contributed by atoms with Gasteiger partial charge in [-0.25, -0.2) is 15.1 Å². The highest BCUT2D eigenvalue weighted by Crippen LogP contribution is 2.17. The SMILES string of the molecule is Cc1cc(C)[nH+]c(NC(=O)c2ccccc2Br)c1. The van der Waals surface area contributed by atoms with Crippen molar-refractivity contribution in [1.82, 2.24) is 0 Å². The van der Waals surface area contributed by atoms with Gasteiger partial charge >= 0.3 is 5.91 Å². The van der Waals surface area contributed by atoms with E-state index in [0.29, 0.717) is 11.4 Å². The van der Waals surface area contributed by atoms with Gasteiger partial charge in [-0.15, -0.1) is 0 Å². The van der Waals surface area contributed by atoms with Crippen LogP contribution in [0.2, 0.25) is 0 Å². The number of hydrogen-bond acceptors (Lipinski definition) is 1. The molecular weight excluding hydrogens is 292 g/mol. The number of H-pyrrole nitrogens is 1. The van der Waals surface area contributed by atoms with Gasteiger partial charge in [0.15, 0.2) is 0 Å². The van der Waals surface area contributed by atoms with Gasteiger partial charge < -0.3 is 0 Å². The number of aryl methyl sites for hydroxylation is 2. The summed E-state index contributed by atoms with van der Waals surface area (Å²) in [6, 6.07) is 11.3. The van der Waals surface area contributed by atoms with Crippen LogP contribution >= 0.6 is 15.9 Å². The number of hydrogen-bond donors (Lipinski definition) is 1. The largest absolute Gasteiger partial charge is 0.340 e. The molecule has 0 spiro atoms. The number of rotatable bonds is 2. The second-order valence-corrected chi connectivity index (χ2v) is 5.04. The van der Waals surface area contributed by atoms with E-state index in [2.05, 4.69) is 26.2 Å². The summed E-state index contributed by atoms with van der Waals surface area (Å²) in [6.07, 6.45) is 0. The van der Waals surface area contributed by atoms with Crippen LogP contribution in [0.4, 0.5) is 5.82 Å². The third-order valence-electron chi connectivity index (χ3n) is 2.51. The molecule has 0 unspecified atom stereocenters. The summed E-state index contributed by atoms with van der Waals surface area (Å²) < 4.78 is 0.784. The van der Waals surface area contributed by atoms with Gasteiger partial charge in [-0.3, -0.25) is 0 Å². The second kappa shape index (κ2) is 5.31. The first-order chi connectivity index (χ1) is 8.56. The lowest BCUT2D eigenvalue weighted by atomic mass is 10.2. The van der Waals surface area contributed by atoms with Crippen molar-refractivity contribution >= 4 is 27.7 Å². The van der Waals surface area contributed by atoms with Gasteiger partial charge in [-0.1, -0.05) is 12.1 Å². The van der Waals surface area contributed by atoms with E-state index in [1.54, 1.807) is 6.07 Å². The van der Waals surface area contributed by atoms with Crippen LogP contribution in [-0.2, 0) is 0 Å². The molecule has 0 fully saturated rings. The maximum Gasteiger partial charge on any atom is 0.340 e. The molecule has 0 aliphatic carbocycles. The third kappa shape index (κ3) is 2.96. The summed E-state index contributed by atoms with van der Waals surface area (Å²) in [5, 5.41) is 2.86. The Kier molecular flexibility index (Phi) is 3.77. The lowest BCUT2D eigenvalue weighted by Crippen LogP contribution is -2.21. The van der Waals surface area contributed by atoms with E-state index in [4.69, 9.17) is 0 Å². The molecule has 2 rings (SSSR count). The van der Waals surface area contributed by atoms with Crippen molar-refractivity contribution in [3.63, 3.8) is 0 Å². The summed E-state index contributed by atoms with van der Waals surface area (Å²) >= 11 is 3.37. The number of carbonyl (C=O) groups excluding carboxylic acids is 1. The Morgan fingerprint density at radius 2 is 1.94 bits per heavy atom. The molecule has 92 valence electrons. The molecular formula is C14H14BrN2O+. The fourth-order valence-electron chi connectivity index (χ4n) is 1.80. The number of carbonyl (C=O) groups is 1. The summed E-state index contributed by atoms with van der Waals surface area (Å²) in [5.41, 5.74) is 2.73. The maximum absolute atomic E-state index is 12.1. The quantitative estimate of drug-likeness (QED) is 0.910. The summed E-state index contributed by atoms with van der Waals surface area (Å²) in [5.74, 6) is 0.567. The first kappa shape index (κ1) is 12.8. The van der Waals surface area contributed by atoms with Gasteiger partial charge in [0.25, 0.3) is 5.82 Å². The highest BCUT2D eigenvalue weighted by molar-refractivity contribution is 9.10. The standard InChI is InChI=1S/C14H13BrN2O/c1-9-7-10(2)16-13(8-9)17-14(18)11-5-3-4-6-12(11)15/h3-8H,1-2H3,(H,16,17,18)/p+1. The van der Waals surface area contributed by atoms with E-state index in [9.17, 15) is 4.79 Å². The zero-order valence-corrected chi connectivity index (χ0v) is 11.8. The smallest absolute Gasteiger partial charge is 0.245 e. The van der Waals surface area contributed by atoms with Gasteiger partial charge in [-0.05, 0) is 53.5 Å². The van der Waals surface area contributed by atoms with E-state index in [0.717, 1.165) is 15.7 Å². The average Bonchev–Trinajstić information content (AvgIpc) is 2.27. The monoisotopic (exact) mass is 305 g/mol. The molecule has 1 heterocycles. The van der Waals surface area contributed by atoms with Crippen LogP contribution in [0.25, 0.3) is 0 Å². The minimum atomic E-state index is -0.135. The van der Waals surface area contributed by atoms with Crippen molar-refractivity contribution in [2.24, 2.45) is 0 Å². The first-order valence-corrected chi connectivity index (χ1v) is 6.42. The summed E-state index contributed by atoms with van der Waals surface area (Å²) in [4.78, 5) is 15.2. The number of aromatic nitrogens is 1. The van der Waals surface area contributed by atoms with Crippen molar-refractivity contribution in [1.29, 1.82) is 0 Å². The molecule has 0 aliphatic heterocycles. The molecule has 0 atom stereocenters. The number of anilines is 1. The molecule has 2 aromatic rings. The zero-order chi connectivity index (χ0) is 13.1. The fourth-order valence-corrected chi connectivity index (χ4v) is 2.26. The number of halogens is 1. The fraction of sp³-hybridized carbons (Fsp3) is 0.143. The number of nitrogens with one attached hydrogen (secondary N) is 2. The molecule has 1 aromatic heterocycles. The lowest BCUT2D eigenvalue weighted by molar-refractivity contribution is -0.370. The van der Waals surface area contributed by atoms with Crippen LogP contribution in [0, 0.1) is 13.8 Å². The van der Waals surface area contributed by atoms with E-state index >= 15 is 0 Å². The molecule has 18 heavy (non-hydrogen) atoms. The van der Waals surface area contributed by atoms with Crippen LogP contribution in [-0.4, -0.2) is 5.91 Å². The number of amides is 1. The Morgan fingerprint density at radius 1 is 1.22 bits per heavy atom. The van der Waals surface area contributed by atoms with Crippen molar-refractivity contribution in [3.05, 3.63) is 57.7 Å². The van der Waals surface area contributed by atoms with E-state index in [-0.39, 0.29) is 5.91 Å². The molecule has 1 amide bonds. The Bertz CT molecular complexity index is 576. The van der Waals surface area contributed by atoms with Gasteiger partial charge in [0.05, 0.1) is 11.3 Å². The van der Waals surface area contributed by atoms with Gasteiger partial charge in [0.2, 0.25) is 0 Å². The Labute approximate surface area is 114 Å². The van der Waals surface area contributed by atoms with E-state index < -0.39 is 0 Å². The minimum Gasteiger partial charge on any atom is -0.245 e. The molecule has 0 saturated heterocycles. The topological polar surface area (TPSA) is 43.2 Å². The molecule has 3 nitrogen and oxygen atoms in total. The predicted octanol–water partition coefficient (Wildman–Crippen LogP) is 3.13. The van der Waals surface area contributed by atoms with Crippen molar-refractivity contribution in [3.8, 4) is 0 Å². The van der Waals surface area contributed by atoms with Crippen LogP contribution in [0.15, 0.2) is 40.9 Å². The zero-order valence-electron chi connectivity index (χ0n) is 10.3. The predicted molar refractivity (Wildman–Crippen MR) is 74.6 cm³/mol. The van der Waals surface area contributed by atoms with Gasteiger partial charge in [0.1, 0.15) is 0 Å². The second-order valence-electron chi connectivity index (χ2n) is 4.19. The molecule has 4 heteroatoms. The number of aromatic amines is 1. The highest BCUT2D eigenvalue weighted by atomic mass is 79.9. The van der Waals surface area contributed by atoms with E-state index in [1.165, 1.54) is 0 Å². The van der Waals surface area contributed by atoms with Crippen LogP contribution in [0.5, 0.6) is 0 Å². The molecule has 0 radical (unpaired) electrons. The van der Waals surface area contributed by atoms with Crippen LogP contribution in [0.3, 0.4) is 0 Å². The number of pyridine rings is 1. The summed E-state index contributed by atoms with van der Waals surface area (Å²) in [6.45, 7) is 3.95. The Morgan fingerprint density at radius 3 is 2.61 bits per heavy atom. The third-order valence-corrected chi connectivity index (χ3v) is 3.21. The maximum atomic E-state index is 12.1. The highest BCUT2D eigenvalue weighted by Gasteiger charge is 2.15. The molecule has 0 saturated carbocycles. The van der Waals surface area contributed by atoms with Crippen molar-refractivity contribution in [2.45, 2.75) is 13.8 Å². The Hall–Kier alpha value is -1.68. The van der Waals surface area contributed by atoms with Gasteiger partial charge in [0, 0.05) is 10.5 Å². The van der Waals surface area contributed by atoms with Crippen molar-refractivity contribution in [2.75, 3.05) is 5.32 Å². The molecule has 0 bridgehead atoms. The van der Waals surface area contributed by atoms with Crippen LogP contribution in [0.1, 0.15) is 21.6 Å². The van der Waals surface area contributed by atoms with Crippen molar-refractivity contribution < 1.29 is 9.78 Å². The average molecular weight is 306 g/mol. The number of benzene rings is 1. The van der Waals surface area contributed by atoms with Gasteiger partial charge in [-0.2, -0.15) is 0 Å². The normalized spacial score (nSPS) is 10.2. The lowest BCUT2D eigenvalue weighted by Gasteiger charge is -2.02. The molecule has 1 aromatic carbocycles. The van der Waals surface area contributed by atoms with E-state index in [1.807, 2.05) is 44.2 Å². The minimum absolute atomic E-state index is 0.135. The first-order valence-electron chi connectivity index (χ1n) is 5.63. The molecule has 0 aliphatic rings.